The lowest BCUT2D eigenvalue weighted by atomic mass is 10.2. The van der Waals surface area contributed by atoms with Crippen LogP contribution >= 0.6 is 0 Å². The highest BCUT2D eigenvalue weighted by atomic mass is 16.6. The van der Waals surface area contributed by atoms with Gasteiger partial charge in [0.05, 0.1) is 0 Å². The highest BCUT2D eigenvalue weighted by Gasteiger charge is 2.26. The summed E-state index contributed by atoms with van der Waals surface area (Å²) in [5.41, 5.74) is 0. The third kappa shape index (κ3) is 1.52. The molecule has 1 atom stereocenters. The summed E-state index contributed by atoms with van der Waals surface area (Å²) in [6, 6.07) is 3.67. The molecule has 0 radical (unpaired) electrons. The Morgan fingerprint density at radius 2 is 2.46 bits per heavy atom. The van der Waals surface area contributed by atoms with E-state index in [0.717, 1.165) is 17.9 Å². The summed E-state index contributed by atoms with van der Waals surface area (Å²) in [6.07, 6.45) is 0.487. The zero-order valence-corrected chi connectivity index (χ0v) is 7.37. The first-order valence-electron chi connectivity index (χ1n) is 4.31. The maximum absolute atomic E-state index is 10.7. The van der Waals surface area contributed by atoms with Gasteiger partial charge in [-0.05, 0) is 12.1 Å². The number of amides is 1. The molecule has 2 rings (SSSR count). The fourth-order valence-corrected chi connectivity index (χ4v) is 1.31. The second-order valence-electron chi connectivity index (χ2n) is 2.95. The Morgan fingerprint density at radius 1 is 1.62 bits per heavy atom. The molecule has 4 nitrogen and oxygen atoms in total. The zero-order valence-electron chi connectivity index (χ0n) is 7.37. The first kappa shape index (κ1) is 8.16. The number of rotatable bonds is 2. The predicted molar refractivity (Wildman–Crippen MR) is 45.3 cm³/mol. The van der Waals surface area contributed by atoms with E-state index in [1.54, 1.807) is 0 Å². The number of furan rings is 1. The van der Waals surface area contributed by atoms with Crippen LogP contribution in [-0.4, -0.2) is 12.7 Å². The number of cyclic esters (lactones) is 1. The van der Waals surface area contributed by atoms with Gasteiger partial charge in [0.15, 0.2) is 0 Å². The van der Waals surface area contributed by atoms with E-state index in [-0.39, 0.29) is 12.1 Å². The van der Waals surface area contributed by atoms with Gasteiger partial charge in [-0.1, -0.05) is 6.92 Å². The summed E-state index contributed by atoms with van der Waals surface area (Å²) >= 11 is 0. The van der Waals surface area contributed by atoms with Gasteiger partial charge in [-0.3, -0.25) is 0 Å². The van der Waals surface area contributed by atoms with Crippen molar-refractivity contribution in [1.82, 2.24) is 5.32 Å². The molecule has 1 aromatic rings. The highest BCUT2D eigenvalue weighted by Crippen LogP contribution is 2.20. The molecule has 0 aromatic carbocycles. The molecule has 70 valence electrons. The van der Waals surface area contributed by atoms with E-state index in [1.165, 1.54) is 0 Å². The Hall–Kier alpha value is -1.45. The van der Waals surface area contributed by atoms with Gasteiger partial charge in [-0.25, -0.2) is 4.79 Å². The Kier molecular flexibility index (Phi) is 1.96. The van der Waals surface area contributed by atoms with Crippen molar-refractivity contribution in [2.45, 2.75) is 19.4 Å². The second-order valence-corrected chi connectivity index (χ2v) is 2.95. The lowest BCUT2D eigenvalue weighted by molar-refractivity contribution is 0.176. The minimum absolute atomic E-state index is 0.118. The molecule has 1 saturated heterocycles. The van der Waals surface area contributed by atoms with E-state index >= 15 is 0 Å². The van der Waals surface area contributed by atoms with Crippen LogP contribution in [0.3, 0.4) is 0 Å². The van der Waals surface area contributed by atoms with Crippen LogP contribution < -0.4 is 5.32 Å². The number of carbonyl (C=O) groups is 1. The van der Waals surface area contributed by atoms with Gasteiger partial charge in [0.1, 0.15) is 24.2 Å². The van der Waals surface area contributed by atoms with E-state index in [0.29, 0.717) is 6.61 Å². The van der Waals surface area contributed by atoms with Crippen LogP contribution in [0.1, 0.15) is 24.5 Å². The van der Waals surface area contributed by atoms with Gasteiger partial charge in [0.2, 0.25) is 0 Å². The molecule has 1 amide bonds. The molecular weight excluding hydrogens is 170 g/mol. The van der Waals surface area contributed by atoms with Gasteiger partial charge >= 0.3 is 6.09 Å². The van der Waals surface area contributed by atoms with E-state index in [1.807, 2.05) is 19.1 Å². The Balaban J connectivity index is 2.12. The van der Waals surface area contributed by atoms with Crippen LogP contribution in [0.4, 0.5) is 4.79 Å². The predicted octanol–water partition coefficient (Wildman–Crippen LogP) is 1.62. The van der Waals surface area contributed by atoms with Crippen molar-refractivity contribution in [3.8, 4) is 0 Å². The highest BCUT2D eigenvalue weighted by molar-refractivity contribution is 5.69. The minimum Gasteiger partial charge on any atom is -0.464 e. The summed E-state index contributed by atoms with van der Waals surface area (Å²) < 4.78 is 10.2. The summed E-state index contributed by atoms with van der Waals surface area (Å²) in [5.74, 6) is 1.69. The number of carbonyl (C=O) groups excluding carboxylic acids is 1. The van der Waals surface area contributed by atoms with E-state index < -0.39 is 0 Å². The molecule has 0 aliphatic carbocycles. The maximum Gasteiger partial charge on any atom is 0.407 e. The van der Waals surface area contributed by atoms with Crippen LogP contribution in [0.2, 0.25) is 0 Å². The van der Waals surface area contributed by atoms with Crippen molar-refractivity contribution < 1.29 is 13.9 Å². The van der Waals surface area contributed by atoms with Gasteiger partial charge in [-0.2, -0.15) is 0 Å². The molecule has 1 aliphatic rings. The number of alkyl carbamates (subject to hydrolysis) is 1. The minimum atomic E-state index is -0.376. The number of aryl methyl sites for hydroxylation is 1. The quantitative estimate of drug-likeness (QED) is 0.754. The standard InChI is InChI=1S/C9H11NO3/c1-2-6-3-4-8(13-6)7-5-12-9(11)10-7/h3-4,7H,2,5H2,1H3,(H,10,11)/t7-/m0/s1. The molecule has 4 heteroatoms. The van der Waals surface area contributed by atoms with Gasteiger partial charge in [0.25, 0.3) is 0 Å². The first-order chi connectivity index (χ1) is 6.29. The molecule has 13 heavy (non-hydrogen) atoms. The fourth-order valence-electron chi connectivity index (χ4n) is 1.31. The van der Waals surface area contributed by atoms with E-state index in [2.05, 4.69) is 5.32 Å². The molecule has 2 heterocycles. The first-order valence-corrected chi connectivity index (χ1v) is 4.31. The largest absolute Gasteiger partial charge is 0.464 e. The van der Waals surface area contributed by atoms with E-state index in [9.17, 15) is 4.79 Å². The van der Waals surface area contributed by atoms with Crippen LogP contribution in [0.5, 0.6) is 0 Å². The van der Waals surface area contributed by atoms with Crippen LogP contribution in [0.15, 0.2) is 16.5 Å². The molecule has 1 N–H and O–H groups in total. The number of ether oxygens (including phenoxy) is 1. The zero-order chi connectivity index (χ0) is 9.26. The maximum atomic E-state index is 10.7. The van der Waals surface area contributed by atoms with Gasteiger partial charge < -0.3 is 14.5 Å². The normalized spacial score (nSPS) is 21.3. The average molecular weight is 181 g/mol. The molecule has 0 spiro atoms. The smallest absolute Gasteiger partial charge is 0.407 e. The van der Waals surface area contributed by atoms with E-state index in [4.69, 9.17) is 9.15 Å². The number of hydrogen-bond acceptors (Lipinski definition) is 3. The average Bonchev–Trinajstić information content (AvgIpc) is 2.71. The van der Waals surface area contributed by atoms with Gasteiger partial charge in [-0.15, -0.1) is 0 Å². The molecule has 0 unspecified atom stereocenters. The van der Waals surface area contributed by atoms with Crippen molar-refractivity contribution in [2.75, 3.05) is 6.61 Å². The lowest BCUT2D eigenvalue weighted by Crippen LogP contribution is -2.17. The second kappa shape index (κ2) is 3.12. The molecule has 1 fully saturated rings. The fraction of sp³-hybridized carbons (Fsp3) is 0.444. The molecule has 0 saturated carbocycles. The van der Waals surface area contributed by atoms with Crippen LogP contribution in [-0.2, 0) is 11.2 Å². The summed E-state index contributed by atoms with van der Waals surface area (Å²) in [4.78, 5) is 10.7. The topological polar surface area (TPSA) is 51.5 Å². The van der Waals surface area contributed by atoms with Gasteiger partial charge in [0, 0.05) is 6.42 Å². The monoisotopic (exact) mass is 181 g/mol. The number of hydrogen-bond donors (Lipinski definition) is 1. The number of nitrogens with one attached hydrogen (secondary N) is 1. The lowest BCUT2D eigenvalue weighted by Gasteiger charge is -2.01. The van der Waals surface area contributed by atoms with Crippen LogP contribution in [0.25, 0.3) is 0 Å². The van der Waals surface area contributed by atoms with Crippen LogP contribution in [0, 0.1) is 0 Å². The summed E-state index contributed by atoms with van der Waals surface area (Å²) in [7, 11) is 0. The third-order valence-electron chi connectivity index (χ3n) is 2.05. The summed E-state index contributed by atoms with van der Waals surface area (Å²) in [5, 5.41) is 2.65. The molecule has 1 aliphatic heterocycles. The SMILES string of the molecule is CCc1ccc([C@@H]2COC(=O)N2)o1. The van der Waals surface area contributed by atoms with Crippen molar-refractivity contribution in [1.29, 1.82) is 0 Å². The Morgan fingerprint density at radius 3 is 3.00 bits per heavy atom. The Bertz CT molecular complexity index is 318. The summed E-state index contributed by atoms with van der Waals surface area (Å²) in [6.45, 7) is 2.38. The van der Waals surface area contributed by atoms with Crippen molar-refractivity contribution >= 4 is 6.09 Å². The van der Waals surface area contributed by atoms with Crippen molar-refractivity contribution in [3.63, 3.8) is 0 Å². The Labute approximate surface area is 75.9 Å². The third-order valence-corrected chi connectivity index (χ3v) is 2.05. The molecular formula is C9H11NO3. The van der Waals surface area contributed by atoms with Crippen molar-refractivity contribution in [2.24, 2.45) is 0 Å². The molecule has 1 aromatic heterocycles. The molecule has 0 bridgehead atoms. The van der Waals surface area contributed by atoms with Crippen molar-refractivity contribution in [3.05, 3.63) is 23.7 Å².